The van der Waals surface area contributed by atoms with Crippen molar-refractivity contribution in [3.05, 3.63) is 97.4 Å². The number of benzene rings is 2. The number of halogens is 2. The van der Waals surface area contributed by atoms with E-state index in [9.17, 15) is 9.59 Å². The highest BCUT2D eigenvalue weighted by atomic mass is 35.5. The molecule has 0 unspecified atom stereocenters. The lowest BCUT2D eigenvalue weighted by molar-refractivity contribution is 0.00695. The Morgan fingerprint density at radius 3 is 2.29 bits per heavy atom. The summed E-state index contributed by atoms with van der Waals surface area (Å²) in [6.07, 6.45) is 2.81. The topological polar surface area (TPSA) is 57.5 Å². The molecule has 3 aromatic rings. The zero-order chi connectivity index (χ0) is 25.6. The lowest BCUT2D eigenvalue weighted by atomic mass is 10.0. The van der Waals surface area contributed by atoms with Crippen molar-refractivity contribution in [2.24, 2.45) is 0 Å². The summed E-state index contributed by atoms with van der Waals surface area (Å²) in [5.74, 6) is 0.487. The van der Waals surface area contributed by atoms with Crippen molar-refractivity contribution in [3.8, 4) is 5.75 Å². The molecule has 35 heavy (non-hydrogen) atoms. The smallest absolute Gasteiger partial charge is 0.338 e. The third-order valence-electron chi connectivity index (χ3n) is 5.57. The maximum atomic E-state index is 12.9. The van der Waals surface area contributed by atoms with Crippen LogP contribution in [0.1, 0.15) is 54.4 Å². The minimum absolute atomic E-state index is 0.101. The van der Waals surface area contributed by atoms with Gasteiger partial charge in [-0.1, -0.05) is 53.5 Å². The van der Waals surface area contributed by atoms with Crippen molar-refractivity contribution in [1.29, 1.82) is 0 Å². The highest BCUT2D eigenvalue weighted by Crippen LogP contribution is 2.23. The average molecular weight is 516 g/mol. The second-order valence-corrected chi connectivity index (χ2v) is 10.2. The van der Waals surface area contributed by atoms with Gasteiger partial charge in [0.05, 0.1) is 17.7 Å². The van der Waals surface area contributed by atoms with Crippen LogP contribution in [-0.4, -0.2) is 23.2 Å². The van der Waals surface area contributed by atoms with Crippen LogP contribution < -0.4 is 10.3 Å². The van der Waals surface area contributed by atoms with Gasteiger partial charge in [0.25, 0.3) is 5.56 Å². The van der Waals surface area contributed by atoms with E-state index in [1.165, 1.54) is 6.07 Å². The van der Waals surface area contributed by atoms with Crippen LogP contribution in [0.4, 0.5) is 0 Å². The van der Waals surface area contributed by atoms with Gasteiger partial charge in [-0.05, 0) is 81.8 Å². The molecule has 0 fully saturated rings. The lowest BCUT2D eigenvalue weighted by Crippen LogP contribution is -2.25. The van der Waals surface area contributed by atoms with Crippen LogP contribution in [0, 0.1) is 0 Å². The molecule has 0 aliphatic heterocycles. The van der Waals surface area contributed by atoms with E-state index in [0.717, 1.165) is 35.4 Å². The van der Waals surface area contributed by atoms with Gasteiger partial charge in [-0.3, -0.25) is 4.79 Å². The van der Waals surface area contributed by atoms with Crippen LogP contribution in [0.3, 0.4) is 0 Å². The van der Waals surface area contributed by atoms with Gasteiger partial charge in [0.15, 0.2) is 0 Å². The first kappa shape index (κ1) is 26.8. The lowest BCUT2D eigenvalue weighted by Gasteiger charge is -2.19. The van der Waals surface area contributed by atoms with E-state index < -0.39 is 5.60 Å². The normalized spacial score (nSPS) is 11.4. The summed E-state index contributed by atoms with van der Waals surface area (Å²) < 4.78 is 12.5. The number of aromatic nitrogens is 1. The van der Waals surface area contributed by atoms with Crippen LogP contribution in [-0.2, 0) is 30.5 Å². The van der Waals surface area contributed by atoms with Gasteiger partial charge in [0.1, 0.15) is 16.4 Å². The molecule has 0 amide bonds. The molecule has 0 aliphatic rings. The number of para-hydroxylation sites is 1. The van der Waals surface area contributed by atoms with Crippen LogP contribution in [0.25, 0.3) is 0 Å². The molecule has 0 N–H and O–H groups in total. The third-order valence-corrected chi connectivity index (χ3v) is 6.17. The summed E-state index contributed by atoms with van der Waals surface area (Å²) in [6.45, 7) is 5.93. The Morgan fingerprint density at radius 2 is 1.63 bits per heavy atom. The Kier molecular flexibility index (Phi) is 9.03. The maximum absolute atomic E-state index is 12.9. The Bertz CT molecular complexity index is 1230. The van der Waals surface area contributed by atoms with E-state index >= 15 is 0 Å². The predicted octanol–water partition coefficient (Wildman–Crippen LogP) is 6.54. The summed E-state index contributed by atoms with van der Waals surface area (Å²) in [6, 6.07) is 16.7. The van der Waals surface area contributed by atoms with Gasteiger partial charge < -0.3 is 14.0 Å². The van der Waals surface area contributed by atoms with Gasteiger partial charge >= 0.3 is 5.97 Å². The molecule has 0 saturated carbocycles. The Hall–Kier alpha value is -2.76. The quantitative estimate of drug-likeness (QED) is 0.303. The van der Waals surface area contributed by atoms with E-state index in [4.69, 9.17) is 32.7 Å². The largest absolute Gasteiger partial charge is 0.496 e. The number of nitrogens with zero attached hydrogens (tertiary/aromatic N) is 1. The highest BCUT2D eigenvalue weighted by Gasteiger charge is 2.18. The number of hydrogen-bond acceptors (Lipinski definition) is 4. The molecule has 2 aromatic carbocycles. The molecule has 0 atom stereocenters. The van der Waals surface area contributed by atoms with Gasteiger partial charge in [0.2, 0.25) is 0 Å². The van der Waals surface area contributed by atoms with Crippen LogP contribution in [0.5, 0.6) is 5.75 Å². The van der Waals surface area contributed by atoms with Crippen LogP contribution >= 0.6 is 23.2 Å². The van der Waals surface area contributed by atoms with E-state index in [1.54, 1.807) is 23.8 Å². The fourth-order valence-electron chi connectivity index (χ4n) is 3.87. The molecule has 3 rings (SSSR count). The van der Waals surface area contributed by atoms with Crippen molar-refractivity contribution in [1.82, 2.24) is 4.57 Å². The summed E-state index contributed by atoms with van der Waals surface area (Å²) in [7, 11) is 1.66. The number of rotatable bonds is 9. The zero-order valence-electron chi connectivity index (χ0n) is 20.6. The maximum Gasteiger partial charge on any atom is 0.338 e. The number of methoxy groups -OCH3 is 1. The Labute approximate surface area is 216 Å². The molecule has 0 bridgehead atoms. The first-order chi connectivity index (χ1) is 16.6. The fourth-order valence-corrected chi connectivity index (χ4v) is 4.44. The van der Waals surface area contributed by atoms with Crippen molar-refractivity contribution in [2.75, 3.05) is 7.11 Å². The average Bonchev–Trinajstić information content (AvgIpc) is 2.81. The summed E-state index contributed by atoms with van der Waals surface area (Å²) in [5.41, 5.74) is 2.54. The van der Waals surface area contributed by atoms with Crippen molar-refractivity contribution in [3.63, 3.8) is 0 Å². The Morgan fingerprint density at radius 1 is 0.943 bits per heavy atom. The summed E-state index contributed by atoms with van der Waals surface area (Å²) in [4.78, 5) is 25.1. The second-order valence-electron chi connectivity index (χ2n) is 9.36. The van der Waals surface area contributed by atoms with E-state index in [2.05, 4.69) is 0 Å². The number of ether oxygens (including phenoxy) is 2. The first-order valence-corrected chi connectivity index (χ1v) is 12.4. The fraction of sp³-hybridized carbons (Fsp3) is 0.357. The van der Waals surface area contributed by atoms with Crippen molar-refractivity contribution < 1.29 is 14.3 Å². The number of aryl methyl sites for hydroxylation is 2. The highest BCUT2D eigenvalue weighted by molar-refractivity contribution is 6.34. The van der Waals surface area contributed by atoms with Gasteiger partial charge in [-0.15, -0.1) is 0 Å². The molecule has 1 aromatic heterocycles. The summed E-state index contributed by atoms with van der Waals surface area (Å²) >= 11 is 12.7. The third kappa shape index (κ3) is 7.36. The van der Waals surface area contributed by atoms with Crippen LogP contribution in [0.15, 0.2) is 59.4 Å². The molecule has 0 aliphatic carbocycles. The van der Waals surface area contributed by atoms with Gasteiger partial charge in [-0.2, -0.15) is 0 Å². The number of pyridine rings is 1. The minimum Gasteiger partial charge on any atom is -0.496 e. The molecular formula is C28H31Cl2NO4. The van der Waals surface area contributed by atoms with Crippen molar-refractivity contribution in [2.45, 2.75) is 58.6 Å². The molecular weight excluding hydrogens is 485 g/mol. The molecule has 0 saturated heterocycles. The predicted molar refractivity (Wildman–Crippen MR) is 141 cm³/mol. The monoisotopic (exact) mass is 515 g/mol. The zero-order valence-corrected chi connectivity index (χ0v) is 22.1. The standard InChI is InChI=1S/C28H31Cl2NO4/c1-28(2,3)35-27(33)21-14-12-19(13-15-21)16-17-31-24(22(29)18-23(30)26(31)32)10-7-9-20-8-5-6-11-25(20)34-4/h5-6,8,11-15,18H,7,9-10,16-17H2,1-4H3. The van der Waals surface area contributed by atoms with Crippen molar-refractivity contribution >= 4 is 29.2 Å². The number of esters is 1. The molecule has 1 heterocycles. The molecule has 0 spiro atoms. The number of hydrogen-bond donors (Lipinski definition) is 0. The second kappa shape index (κ2) is 11.8. The van der Waals surface area contributed by atoms with Gasteiger partial charge in [-0.25, -0.2) is 4.79 Å². The van der Waals surface area contributed by atoms with E-state index in [-0.39, 0.29) is 16.6 Å². The number of carbonyl (C=O) groups is 1. The molecule has 5 nitrogen and oxygen atoms in total. The van der Waals surface area contributed by atoms with E-state index in [0.29, 0.717) is 30.0 Å². The SMILES string of the molecule is COc1ccccc1CCCc1c(Cl)cc(Cl)c(=O)n1CCc1ccc(C(=O)OC(C)(C)C)cc1. The molecule has 0 radical (unpaired) electrons. The molecule has 7 heteroatoms. The van der Waals surface area contributed by atoms with Gasteiger partial charge in [0, 0.05) is 12.2 Å². The summed E-state index contributed by atoms with van der Waals surface area (Å²) in [5, 5.41) is 0.582. The number of carbonyl (C=O) groups excluding carboxylic acids is 1. The van der Waals surface area contributed by atoms with Crippen LogP contribution in [0.2, 0.25) is 10.0 Å². The van der Waals surface area contributed by atoms with E-state index in [1.807, 2.05) is 57.2 Å². The minimum atomic E-state index is -0.551. The molecule has 186 valence electrons. The Balaban J connectivity index is 1.72. The first-order valence-electron chi connectivity index (χ1n) is 11.6.